The minimum Gasteiger partial charge on any atom is -0.478 e. The van der Waals surface area contributed by atoms with Crippen molar-refractivity contribution in [1.82, 2.24) is 0 Å². The molecule has 5 aliphatic carbocycles. The maximum atomic E-state index is 14.3. The molecular weight excluding hydrogens is 634 g/mol. The predicted octanol–water partition coefficient (Wildman–Crippen LogP) is 10.0. The van der Waals surface area contributed by atoms with Gasteiger partial charge in [-0.05, 0) is 121 Å². The fourth-order valence-corrected chi connectivity index (χ4v) is 13.1. The number of aromatic carboxylic acids is 1. The zero-order valence-electron chi connectivity index (χ0n) is 33.6. The molecule has 8 atom stereocenters. The van der Waals surface area contributed by atoms with Crippen molar-refractivity contribution in [2.45, 2.75) is 126 Å². The van der Waals surface area contributed by atoms with E-state index >= 15 is 0 Å². The second-order valence-corrected chi connectivity index (χ2v) is 20.9. The first kappa shape index (κ1) is 38.3. The normalized spacial score (nSPS) is 38.2. The Hall–Kier alpha value is -2.47. The molecule has 6 heteroatoms. The van der Waals surface area contributed by atoms with Crippen molar-refractivity contribution in [1.29, 1.82) is 0 Å². The molecule has 4 saturated carbocycles. The van der Waals surface area contributed by atoms with Crippen molar-refractivity contribution in [3.05, 3.63) is 47.0 Å². The second-order valence-electron chi connectivity index (χ2n) is 20.9. The number of carbonyl (C=O) groups excluding carboxylic acids is 2. The summed E-state index contributed by atoms with van der Waals surface area (Å²) in [5, 5.41) is 9.77. The van der Waals surface area contributed by atoms with E-state index < -0.39 is 11.4 Å². The van der Waals surface area contributed by atoms with Crippen molar-refractivity contribution < 1.29 is 28.7 Å². The topological polar surface area (TPSA) is 80.7 Å². The van der Waals surface area contributed by atoms with E-state index in [0.717, 1.165) is 81.7 Å². The van der Waals surface area contributed by atoms with Crippen LogP contribution in [-0.2, 0) is 9.53 Å². The molecule has 1 aromatic carbocycles. The van der Waals surface area contributed by atoms with Gasteiger partial charge in [-0.2, -0.15) is 0 Å². The van der Waals surface area contributed by atoms with Crippen LogP contribution in [0.25, 0.3) is 0 Å². The Morgan fingerprint density at radius 3 is 2.18 bits per heavy atom. The lowest BCUT2D eigenvalue weighted by atomic mass is 9.33. The average Bonchev–Trinajstić information content (AvgIpc) is 3.04. The quantitative estimate of drug-likeness (QED) is 0.0911. The molecular formula is C45H68NO5+. The van der Waals surface area contributed by atoms with Crippen molar-refractivity contribution in [3.8, 4) is 0 Å². The zero-order chi connectivity index (χ0) is 37.4. The van der Waals surface area contributed by atoms with E-state index in [1.165, 1.54) is 0 Å². The number of esters is 1. The molecule has 5 aliphatic rings. The number of fused-ring (bicyclic) bond motifs is 7. The van der Waals surface area contributed by atoms with Crippen molar-refractivity contribution in [3.63, 3.8) is 0 Å². The maximum Gasteiger partial charge on any atom is 0.336 e. The molecule has 6 nitrogen and oxygen atoms in total. The van der Waals surface area contributed by atoms with E-state index in [1.807, 2.05) is 0 Å². The number of carboxylic acids is 1. The largest absolute Gasteiger partial charge is 0.478 e. The van der Waals surface area contributed by atoms with Crippen molar-refractivity contribution in [2.75, 3.05) is 34.3 Å². The molecule has 51 heavy (non-hydrogen) atoms. The molecule has 1 N–H and O–H groups in total. The summed E-state index contributed by atoms with van der Waals surface area (Å²) >= 11 is 0. The molecule has 0 bridgehead atoms. The average molecular weight is 703 g/mol. The fourth-order valence-electron chi connectivity index (χ4n) is 13.1. The van der Waals surface area contributed by atoms with E-state index in [4.69, 9.17) is 4.74 Å². The molecule has 0 amide bonds. The zero-order valence-corrected chi connectivity index (χ0v) is 33.6. The summed E-state index contributed by atoms with van der Waals surface area (Å²) in [5.41, 5.74) is 2.08. The van der Waals surface area contributed by atoms with Gasteiger partial charge in [0, 0.05) is 18.4 Å². The Morgan fingerprint density at radius 2 is 1.51 bits per heavy atom. The van der Waals surface area contributed by atoms with Crippen LogP contribution in [0, 0.1) is 56.2 Å². The molecule has 0 aromatic heterocycles. The van der Waals surface area contributed by atoms with Crippen LogP contribution in [0.1, 0.15) is 146 Å². The number of carboxylic acid groups (broad SMARTS) is 1. The van der Waals surface area contributed by atoms with Gasteiger partial charge >= 0.3 is 11.9 Å². The number of ether oxygens (including phenoxy) is 1. The third kappa shape index (κ3) is 6.25. The Bertz CT molecular complexity index is 1580. The number of Topliss-reactive ketones (excluding diaryl/α,β-unsaturated/α-hetero) is 1. The highest BCUT2D eigenvalue weighted by Gasteiger charge is 2.69. The Labute approximate surface area is 308 Å². The van der Waals surface area contributed by atoms with Gasteiger partial charge in [-0.1, -0.05) is 78.3 Å². The SMILES string of the molecule is CC1(C)CC[C@]2(C(=O)OCCC[N+](C)(C)C)CC[C@]3(C)C(=CC[C@@H]4[C@@]5(C)CC[C@H](CC(=O)c6ccccc6C(=O)O)C(C)(C)[C@@H]5CC[C@]43C)[C@@H]2C1. The van der Waals surface area contributed by atoms with E-state index in [1.54, 1.807) is 29.8 Å². The van der Waals surface area contributed by atoms with Crippen molar-refractivity contribution in [2.24, 2.45) is 56.2 Å². The van der Waals surface area contributed by atoms with Gasteiger partial charge in [0.15, 0.2) is 5.78 Å². The van der Waals surface area contributed by atoms with Crippen LogP contribution in [-0.4, -0.2) is 61.6 Å². The molecule has 4 fully saturated rings. The standard InChI is InChI=1S/C45H67NO5/c1-40(2)22-24-45(39(50)51-27-13-26-46(8,9)10)25-23-43(6)33(34(45)29-40)16-17-37-42(5)20-18-30(41(3,4)36(42)19-21-44(37,43)7)28-35(47)31-14-11-12-15-32(31)38(48)49/h11-12,14-16,30,34,36-37H,13,17-29H2,1-10H3/p+1/t30-,34+,36+,37-,42+,43-,44-,45+/m1/s1. The van der Waals surface area contributed by atoms with Gasteiger partial charge in [0.25, 0.3) is 0 Å². The number of quaternary nitrogens is 1. The van der Waals surface area contributed by atoms with E-state index in [-0.39, 0.29) is 56.2 Å². The fraction of sp³-hybridized carbons (Fsp3) is 0.756. The number of benzene rings is 1. The molecule has 1 aromatic rings. The first-order valence-corrected chi connectivity index (χ1v) is 20.2. The van der Waals surface area contributed by atoms with Gasteiger partial charge in [-0.15, -0.1) is 0 Å². The molecule has 282 valence electrons. The summed E-state index contributed by atoms with van der Waals surface area (Å²) in [4.78, 5) is 39.9. The van der Waals surface area contributed by atoms with Gasteiger partial charge in [-0.25, -0.2) is 4.79 Å². The number of nitrogens with zero attached hydrogens (tertiary/aromatic N) is 1. The Morgan fingerprint density at radius 1 is 0.843 bits per heavy atom. The minimum atomic E-state index is -1.04. The highest BCUT2D eigenvalue weighted by molar-refractivity contribution is 6.05. The van der Waals surface area contributed by atoms with Gasteiger partial charge in [0.2, 0.25) is 0 Å². The maximum absolute atomic E-state index is 14.3. The summed E-state index contributed by atoms with van der Waals surface area (Å²) in [6.45, 7) is 18.9. The van der Waals surface area contributed by atoms with Crippen LogP contribution >= 0.6 is 0 Å². The smallest absolute Gasteiger partial charge is 0.336 e. The van der Waals surface area contributed by atoms with E-state index in [0.29, 0.717) is 30.4 Å². The van der Waals surface area contributed by atoms with Crippen LogP contribution in [0.5, 0.6) is 0 Å². The predicted molar refractivity (Wildman–Crippen MR) is 203 cm³/mol. The number of carbonyl (C=O) groups is 3. The number of hydrogen-bond donors (Lipinski definition) is 1. The molecule has 0 aliphatic heterocycles. The third-order valence-corrected chi connectivity index (χ3v) is 16.4. The van der Waals surface area contributed by atoms with Crippen LogP contribution in [0.3, 0.4) is 0 Å². The lowest BCUT2D eigenvalue weighted by Gasteiger charge is -2.71. The molecule has 0 heterocycles. The summed E-state index contributed by atoms with van der Waals surface area (Å²) in [5.74, 6) is 0.461. The van der Waals surface area contributed by atoms with Gasteiger partial charge < -0.3 is 14.3 Å². The third-order valence-electron chi connectivity index (χ3n) is 16.4. The number of hydrogen-bond acceptors (Lipinski definition) is 4. The van der Waals surface area contributed by atoms with Gasteiger partial charge in [-0.3, -0.25) is 9.59 Å². The van der Waals surface area contributed by atoms with Crippen LogP contribution < -0.4 is 0 Å². The van der Waals surface area contributed by atoms with Gasteiger partial charge in [0.05, 0.1) is 45.3 Å². The van der Waals surface area contributed by atoms with E-state index in [9.17, 15) is 19.5 Å². The lowest BCUT2D eigenvalue weighted by Crippen LogP contribution is -2.64. The van der Waals surface area contributed by atoms with E-state index in [2.05, 4.69) is 75.7 Å². The molecule has 0 unspecified atom stereocenters. The van der Waals surface area contributed by atoms with Crippen LogP contribution in [0.2, 0.25) is 0 Å². The summed E-state index contributed by atoms with van der Waals surface area (Å²) in [6.07, 6.45) is 14.4. The minimum absolute atomic E-state index is 0.0347. The summed E-state index contributed by atoms with van der Waals surface area (Å²) in [7, 11) is 6.57. The molecule has 6 rings (SSSR count). The highest BCUT2D eigenvalue weighted by atomic mass is 16.5. The molecule has 0 spiro atoms. The van der Waals surface area contributed by atoms with Gasteiger partial charge in [0.1, 0.15) is 0 Å². The Kier molecular flexibility index (Phi) is 9.63. The lowest BCUT2D eigenvalue weighted by molar-refractivity contribution is -0.870. The first-order chi connectivity index (χ1) is 23.6. The second kappa shape index (κ2) is 12.8. The number of rotatable bonds is 9. The summed E-state index contributed by atoms with van der Waals surface area (Å²) in [6, 6.07) is 6.70. The number of allylic oxidation sites excluding steroid dienone is 2. The number of ketones is 1. The molecule has 0 radical (unpaired) electrons. The molecule has 0 saturated heterocycles. The first-order valence-electron chi connectivity index (χ1n) is 20.2. The summed E-state index contributed by atoms with van der Waals surface area (Å²) < 4.78 is 7.09. The monoisotopic (exact) mass is 703 g/mol. The van der Waals surface area contributed by atoms with Crippen LogP contribution in [0.4, 0.5) is 0 Å². The van der Waals surface area contributed by atoms with Crippen molar-refractivity contribution >= 4 is 17.7 Å². The Balaban J connectivity index is 1.27. The van der Waals surface area contributed by atoms with Crippen LogP contribution in [0.15, 0.2) is 35.9 Å². The highest BCUT2D eigenvalue weighted by Crippen LogP contribution is 2.76.